The second kappa shape index (κ2) is 7.96. The molecule has 0 bridgehead atoms. The maximum atomic E-state index is 12.4. The largest absolute Gasteiger partial charge is 0.479 e. The van der Waals surface area contributed by atoms with Crippen LogP contribution in [0, 0.1) is 3.57 Å². The fourth-order valence-electron chi connectivity index (χ4n) is 2.44. The van der Waals surface area contributed by atoms with Gasteiger partial charge in [-0.1, -0.05) is 0 Å². The van der Waals surface area contributed by atoms with Gasteiger partial charge in [-0.05, 0) is 54.5 Å². The molecule has 0 aromatic heterocycles. The number of carbonyl (C=O) groups is 2. The normalized spacial score (nSPS) is 16.8. The Bertz CT molecular complexity index is 604. The SMILES string of the molecule is COCCCCN1C(=O)[C@@H](C)Oc2cc(I)c(C(=O)OC)cc21. The Kier molecular flexibility index (Phi) is 6.23. The zero-order chi connectivity index (χ0) is 17.0. The number of hydrogen-bond acceptors (Lipinski definition) is 5. The van der Waals surface area contributed by atoms with Gasteiger partial charge in [-0.2, -0.15) is 0 Å². The van der Waals surface area contributed by atoms with Gasteiger partial charge in [-0.25, -0.2) is 4.79 Å². The van der Waals surface area contributed by atoms with E-state index in [1.165, 1.54) is 7.11 Å². The van der Waals surface area contributed by atoms with Crippen molar-refractivity contribution in [2.45, 2.75) is 25.9 Å². The summed E-state index contributed by atoms with van der Waals surface area (Å²) in [5.41, 5.74) is 1.05. The molecule has 0 saturated carbocycles. The fraction of sp³-hybridized carbons (Fsp3) is 0.500. The molecule has 1 aliphatic heterocycles. The van der Waals surface area contributed by atoms with Crippen molar-refractivity contribution in [3.63, 3.8) is 0 Å². The quantitative estimate of drug-likeness (QED) is 0.392. The van der Waals surface area contributed by atoms with Crippen molar-refractivity contribution in [3.8, 4) is 5.75 Å². The molecular weight excluding hydrogens is 413 g/mol. The summed E-state index contributed by atoms with van der Waals surface area (Å²) in [5.74, 6) is 0.0791. The van der Waals surface area contributed by atoms with Gasteiger partial charge >= 0.3 is 5.97 Å². The smallest absolute Gasteiger partial charge is 0.339 e. The minimum absolute atomic E-state index is 0.105. The summed E-state index contributed by atoms with van der Waals surface area (Å²) in [5, 5.41) is 0. The van der Waals surface area contributed by atoms with E-state index in [1.54, 1.807) is 31.1 Å². The van der Waals surface area contributed by atoms with Crippen molar-refractivity contribution >= 4 is 40.2 Å². The average molecular weight is 433 g/mol. The first kappa shape index (κ1) is 18.0. The lowest BCUT2D eigenvalue weighted by atomic mass is 10.1. The summed E-state index contributed by atoms with van der Waals surface area (Å²) < 4.78 is 16.2. The van der Waals surface area contributed by atoms with E-state index in [-0.39, 0.29) is 5.91 Å². The Morgan fingerprint density at radius 1 is 1.35 bits per heavy atom. The van der Waals surface area contributed by atoms with E-state index in [4.69, 9.17) is 14.2 Å². The summed E-state index contributed by atoms with van der Waals surface area (Å²) in [6, 6.07) is 3.44. The Morgan fingerprint density at radius 2 is 2.09 bits per heavy atom. The number of nitrogens with zero attached hydrogens (tertiary/aromatic N) is 1. The van der Waals surface area contributed by atoms with Crippen LogP contribution in [0.1, 0.15) is 30.1 Å². The molecule has 0 spiro atoms. The minimum Gasteiger partial charge on any atom is -0.479 e. The second-order valence-corrected chi connectivity index (χ2v) is 6.40. The highest BCUT2D eigenvalue weighted by molar-refractivity contribution is 14.1. The number of fused-ring (bicyclic) bond motifs is 1. The third kappa shape index (κ3) is 3.95. The van der Waals surface area contributed by atoms with Crippen LogP contribution >= 0.6 is 22.6 Å². The molecule has 1 amide bonds. The Labute approximate surface area is 149 Å². The van der Waals surface area contributed by atoms with Crippen LogP contribution in [0.3, 0.4) is 0 Å². The van der Waals surface area contributed by atoms with Gasteiger partial charge in [0.15, 0.2) is 6.10 Å². The molecule has 1 aromatic carbocycles. The van der Waals surface area contributed by atoms with Gasteiger partial charge in [-0.3, -0.25) is 4.79 Å². The standard InChI is InChI=1S/C16H20INO5/c1-10-15(19)18(6-4-5-7-21-2)13-8-11(16(20)22-3)12(17)9-14(13)23-10/h8-10H,4-7H2,1-3H3/t10-/m1/s1. The molecule has 6 nitrogen and oxygen atoms in total. The maximum Gasteiger partial charge on any atom is 0.339 e. The number of ether oxygens (including phenoxy) is 3. The van der Waals surface area contributed by atoms with E-state index in [2.05, 4.69) is 22.6 Å². The van der Waals surface area contributed by atoms with Gasteiger partial charge in [0, 0.05) is 23.8 Å². The van der Waals surface area contributed by atoms with E-state index in [1.807, 2.05) is 0 Å². The highest BCUT2D eigenvalue weighted by Crippen LogP contribution is 2.37. The van der Waals surface area contributed by atoms with Gasteiger partial charge in [0.25, 0.3) is 5.91 Å². The predicted octanol–water partition coefficient (Wildman–Crippen LogP) is 2.62. The van der Waals surface area contributed by atoms with Crippen molar-refractivity contribution in [1.29, 1.82) is 0 Å². The van der Waals surface area contributed by atoms with Crippen molar-refractivity contribution < 1.29 is 23.8 Å². The molecule has 23 heavy (non-hydrogen) atoms. The number of hydrogen-bond donors (Lipinski definition) is 0. The van der Waals surface area contributed by atoms with Crippen LogP contribution in [0.15, 0.2) is 12.1 Å². The summed E-state index contributed by atoms with van der Waals surface area (Å²) in [7, 11) is 2.99. The van der Waals surface area contributed by atoms with Crippen molar-refractivity contribution in [3.05, 3.63) is 21.3 Å². The number of halogens is 1. The topological polar surface area (TPSA) is 65.1 Å². The lowest BCUT2D eigenvalue weighted by molar-refractivity contribution is -0.125. The lowest BCUT2D eigenvalue weighted by Crippen LogP contribution is -2.45. The molecule has 7 heteroatoms. The molecule has 0 fully saturated rings. The molecule has 0 unspecified atom stereocenters. The molecule has 1 heterocycles. The number of anilines is 1. The van der Waals surface area contributed by atoms with E-state index < -0.39 is 12.1 Å². The monoisotopic (exact) mass is 433 g/mol. The van der Waals surface area contributed by atoms with Crippen molar-refractivity contribution in [2.75, 3.05) is 32.3 Å². The third-order valence-corrected chi connectivity index (χ3v) is 4.53. The van der Waals surface area contributed by atoms with Crippen molar-refractivity contribution in [1.82, 2.24) is 0 Å². The first-order chi connectivity index (χ1) is 11.0. The number of benzene rings is 1. The van der Waals surface area contributed by atoms with E-state index in [0.717, 1.165) is 16.4 Å². The lowest BCUT2D eigenvalue weighted by Gasteiger charge is -2.33. The molecular formula is C16H20INO5. The van der Waals surface area contributed by atoms with Gasteiger partial charge in [0.1, 0.15) is 5.75 Å². The highest BCUT2D eigenvalue weighted by Gasteiger charge is 2.32. The van der Waals surface area contributed by atoms with Crippen LogP contribution in [-0.4, -0.2) is 45.4 Å². The average Bonchev–Trinajstić information content (AvgIpc) is 2.53. The zero-order valence-corrected chi connectivity index (χ0v) is 15.6. The minimum atomic E-state index is -0.537. The predicted molar refractivity (Wildman–Crippen MR) is 94.1 cm³/mol. The van der Waals surface area contributed by atoms with Crippen LogP contribution in [-0.2, 0) is 14.3 Å². The van der Waals surface area contributed by atoms with Crippen LogP contribution in [0.5, 0.6) is 5.75 Å². The van der Waals surface area contributed by atoms with Gasteiger partial charge in [0.2, 0.25) is 0 Å². The van der Waals surface area contributed by atoms with Crippen LogP contribution in [0.4, 0.5) is 5.69 Å². The number of rotatable bonds is 6. The first-order valence-corrected chi connectivity index (χ1v) is 8.46. The number of esters is 1. The fourth-order valence-corrected chi connectivity index (χ4v) is 3.10. The van der Waals surface area contributed by atoms with Gasteiger partial charge in [-0.15, -0.1) is 0 Å². The summed E-state index contributed by atoms with van der Waals surface area (Å²) in [4.78, 5) is 26.0. The highest BCUT2D eigenvalue weighted by atomic mass is 127. The third-order valence-electron chi connectivity index (χ3n) is 3.64. The van der Waals surface area contributed by atoms with E-state index in [0.29, 0.717) is 30.2 Å². The number of methoxy groups -OCH3 is 2. The molecule has 0 radical (unpaired) electrons. The van der Waals surface area contributed by atoms with Crippen LogP contribution < -0.4 is 9.64 Å². The maximum absolute atomic E-state index is 12.4. The van der Waals surface area contributed by atoms with Crippen molar-refractivity contribution in [2.24, 2.45) is 0 Å². The Morgan fingerprint density at radius 3 is 2.74 bits per heavy atom. The molecule has 126 valence electrons. The van der Waals surface area contributed by atoms with E-state index in [9.17, 15) is 9.59 Å². The molecule has 0 saturated heterocycles. The zero-order valence-electron chi connectivity index (χ0n) is 13.4. The number of unbranched alkanes of at least 4 members (excludes halogenated alkanes) is 1. The van der Waals surface area contributed by atoms with Gasteiger partial charge in [0.05, 0.1) is 18.4 Å². The van der Waals surface area contributed by atoms with Crippen LogP contribution in [0.2, 0.25) is 0 Å². The Hall–Kier alpha value is -1.35. The molecule has 1 aliphatic rings. The molecule has 1 atom stereocenters. The number of amides is 1. The van der Waals surface area contributed by atoms with Gasteiger partial charge < -0.3 is 19.1 Å². The first-order valence-electron chi connectivity index (χ1n) is 7.38. The van der Waals surface area contributed by atoms with Crippen LogP contribution in [0.25, 0.3) is 0 Å². The number of carbonyl (C=O) groups excluding carboxylic acids is 2. The molecule has 2 rings (SSSR count). The Balaban J connectivity index is 2.33. The summed E-state index contributed by atoms with van der Waals surface area (Å²) in [6.07, 6.45) is 1.13. The summed E-state index contributed by atoms with van der Waals surface area (Å²) in [6.45, 7) is 2.94. The molecule has 0 N–H and O–H groups in total. The van der Waals surface area contributed by atoms with E-state index >= 15 is 0 Å². The molecule has 0 aliphatic carbocycles. The molecule has 1 aromatic rings. The second-order valence-electron chi connectivity index (χ2n) is 5.24. The summed E-state index contributed by atoms with van der Waals surface area (Å²) >= 11 is 2.06.